The molecule has 0 bridgehead atoms. The number of carbonyl (C=O) groups excluding carboxylic acids is 1. The van der Waals surface area contributed by atoms with Crippen LogP contribution in [0.4, 0.5) is 0 Å². The summed E-state index contributed by atoms with van der Waals surface area (Å²) in [5.74, 6) is 0. The third kappa shape index (κ3) is 2.56. The molecular weight excluding hydrogens is 214 g/mol. The smallest absolute Gasteiger partial charge is 0.150 e. The number of aliphatic hydroxyl groups excluding tert-OH is 1. The van der Waals surface area contributed by atoms with Crippen molar-refractivity contribution in [2.75, 3.05) is 6.61 Å². The summed E-state index contributed by atoms with van der Waals surface area (Å²) in [5.41, 5.74) is 1.86. The first-order chi connectivity index (χ1) is 8.36. The molecule has 0 fully saturated rings. The first kappa shape index (κ1) is 11.9. The number of aromatic nitrogens is 1. The van der Waals surface area contributed by atoms with Gasteiger partial charge in [-0.3, -0.25) is 4.79 Å². The lowest BCUT2D eigenvalue weighted by atomic mass is 10.1. The molecule has 3 nitrogen and oxygen atoms in total. The molecule has 0 aliphatic carbocycles. The fourth-order valence-electron chi connectivity index (χ4n) is 2.12. The monoisotopic (exact) mass is 231 g/mol. The summed E-state index contributed by atoms with van der Waals surface area (Å²) in [6.07, 6.45) is 5.87. The second-order valence-corrected chi connectivity index (χ2v) is 4.19. The van der Waals surface area contributed by atoms with E-state index in [2.05, 4.69) is 4.57 Å². The number of rotatable bonds is 6. The molecule has 2 rings (SSSR count). The molecule has 1 N–H and O–H groups in total. The summed E-state index contributed by atoms with van der Waals surface area (Å²) in [6.45, 7) is 1.20. The first-order valence-corrected chi connectivity index (χ1v) is 6.00. The molecule has 1 aromatic carbocycles. The quantitative estimate of drug-likeness (QED) is 0.613. The standard InChI is InChI=1S/C14H17NO2/c16-10-3-1-2-8-15-9-7-13-12(11-17)5-4-6-14(13)15/h4-7,9,11,16H,1-3,8,10H2. The van der Waals surface area contributed by atoms with Crippen molar-refractivity contribution >= 4 is 17.2 Å². The second-order valence-electron chi connectivity index (χ2n) is 4.19. The second kappa shape index (κ2) is 5.64. The van der Waals surface area contributed by atoms with Gasteiger partial charge in [0.2, 0.25) is 0 Å². The Bertz CT molecular complexity index is 502. The van der Waals surface area contributed by atoms with Gasteiger partial charge in [-0.1, -0.05) is 12.1 Å². The number of aryl methyl sites for hydroxylation is 1. The number of fused-ring (bicyclic) bond motifs is 1. The predicted octanol–water partition coefficient (Wildman–Crippen LogP) is 2.62. The molecule has 0 amide bonds. The molecule has 0 radical (unpaired) electrons. The largest absolute Gasteiger partial charge is 0.396 e. The molecule has 3 heteroatoms. The molecule has 0 saturated heterocycles. The van der Waals surface area contributed by atoms with Gasteiger partial charge in [0.05, 0.1) is 0 Å². The summed E-state index contributed by atoms with van der Waals surface area (Å²) in [4.78, 5) is 10.9. The van der Waals surface area contributed by atoms with E-state index in [1.807, 2.05) is 30.5 Å². The Morgan fingerprint density at radius 1 is 1.18 bits per heavy atom. The van der Waals surface area contributed by atoms with Crippen LogP contribution in [0.3, 0.4) is 0 Å². The van der Waals surface area contributed by atoms with Crippen molar-refractivity contribution in [3.05, 3.63) is 36.0 Å². The number of hydrogen-bond donors (Lipinski definition) is 1. The summed E-state index contributed by atoms with van der Waals surface area (Å²) < 4.78 is 2.17. The van der Waals surface area contributed by atoms with Crippen LogP contribution in [-0.4, -0.2) is 22.6 Å². The Labute approximate surface area is 101 Å². The molecule has 0 unspecified atom stereocenters. The number of aliphatic hydroxyl groups is 1. The molecule has 0 atom stereocenters. The van der Waals surface area contributed by atoms with Gasteiger partial charge in [-0.15, -0.1) is 0 Å². The third-order valence-electron chi connectivity index (χ3n) is 3.03. The molecule has 0 aliphatic rings. The Kier molecular flexibility index (Phi) is 3.94. The van der Waals surface area contributed by atoms with Crippen LogP contribution >= 0.6 is 0 Å². The van der Waals surface area contributed by atoms with Crippen LogP contribution < -0.4 is 0 Å². The van der Waals surface area contributed by atoms with Crippen LogP contribution in [0.2, 0.25) is 0 Å². The molecule has 90 valence electrons. The van der Waals surface area contributed by atoms with Crippen LogP contribution in [0.15, 0.2) is 30.5 Å². The van der Waals surface area contributed by atoms with Gasteiger partial charge in [-0.25, -0.2) is 0 Å². The number of carbonyl (C=O) groups is 1. The van der Waals surface area contributed by atoms with Gasteiger partial charge in [-0.2, -0.15) is 0 Å². The Morgan fingerprint density at radius 2 is 2.06 bits per heavy atom. The highest BCUT2D eigenvalue weighted by atomic mass is 16.2. The van der Waals surface area contributed by atoms with Gasteiger partial charge in [0.15, 0.2) is 6.29 Å². The van der Waals surface area contributed by atoms with Gasteiger partial charge >= 0.3 is 0 Å². The van der Waals surface area contributed by atoms with Gasteiger partial charge in [0, 0.05) is 35.8 Å². The third-order valence-corrected chi connectivity index (χ3v) is 3.03. The number of hydrogen-bond acceptors (Lipinski definition) is 2. The minimum atomic E-state index is 0.266. The maximum Gasteiger partial charge on any atom is 0.150 e. The van der Waals surface area contributed by atoms with Crippen LogP contribution in [0.25, 0.3) is 10.9 Å². The lowest BCUT2D eigenvalue weighted by Crippen LogP contribution is -1.96. The van der Waals surface area contributed by atoms with E-state index in [1.54, 1.807) is 0 Å². The summed E-state index contributed by atoms with van der Waals surface area (Å²) >= 11 is 0. The van der Waals surface area contributed by atoms with Gasteiger partial charge < -0.3 is 9.67 Å². The minimum Gasteiger partial charge on any atom is -0.396 e. The van der Waals surface area contributed by atoms with Crippen molar-refractivity contribution in [2.45, 2.75) is 25.8 Å². The molecule has 17 heavy (non-hydrogen) atoms. The van der Waals surface area contributed by atoms with E-state index in [0.29, 0.717) is 0 Å². The summed E-state index contributed by atoms with van der Waals surface area (Å²) in [5, 5.41) is 9.74. The zero-order chi connectivity index (χ0) is 12.1. The van der Waals surface area contributed by atoms with E-state index in [-0.39, 0.29) is 6.61 Å². The lowest BCUT2D eigenvalue weighted by molar-refractivity contribution is 0.112. The SMILES string of the molecule is O=Cc1cccc2c1ccn2CCCCCO. The van der Waals surface area contributed by atoms with E-state index in [4.69, 9.17) is 5.11 Å². The molecule has 0 saturated carbocycles. The Hall–Kier alpha value is -1.61. The van der Waals surface area contributed by atoms with E-state index in [1.165, 1.54) is 0 Å². The van der Waals surface area contributed by atoms with E-state index < -0.39 is 0 Å². The fraction of sp³-hybridized carbons (Fsp3) is 0.357. The maximum absolute atomic E-state index is 10.9. The highest BCUT2D eigenvalue weighted by Gasteiger charge is 2.04. The van der Waals surface area contributed by atoms with E-state index in [9.17, 15) is 4.79 Å². The number of unbranched alkanes of at least 4 members (excludes halogenated alkanes) is 2. The fourth-order valence-corrected chi connectivity index (χ4v) is 2.12. The maximum atomic E-state index is 10.9. The van der Waals surface area contributed by atoms with Crippen molar-refractivity contribution in [1.82, 2.24) is 4.57 Å². The zero-order valence-corrected chi connectivity index (χ0v) is 9.80. The van der Waals surface area contributed by atoms with Crippen molar-refractivity contribution in [1.29, 1.82) is 0 Å². The molecule has 2 aromatic rings. The average molecular weight is 231 g/mol. The molecule has 1 heterocycles. The topological polar surface area (TPSA) is 42.2 Å². The highest BCUT2D eigenvalue weighted by molar-refractivity contribution is 5.97. The van der Waals surface area contributed by atoms with Crippen molar-refractivity contribution < 1.29 is 9.90 Å². The molecule has 0 spiro atoms. The molecule has 1 aromatic heterocycles. The summed E-state index contributed by atoms with van der Waals surface area (Å²) in [7, 11) is 0. The lowest BCUT2D eigenvalue weighted by Gasteiger charge is -2.05. The minimum absolute atomic E-state index is 0.266. The normalized spacial score (nSPS) is 10.9. The molecular formula is C14H17NO2. The van der Waals surface area contributed by atoms with E-state index in [0.717, 1.165) is 48.6 Å². The van der Waals surface area contributed by atoms with Crippen molar-refractivity contribution in [2.24, 2.45) is 0 Å². The first-order valence-electron chi connectivity index (χ1n) is 6.00. The van der Waals surface area contributed by atoms with Crippen LogP contribution in [-0.2, 0) is 6.54 Å². The number of aldehydes is 1. The Balaban J connectivity index is 2.16. The van der Waals surface area contributed by atoms with Crippen LogP contribution in [0, 0.1) is 0 Å². The number of nitrogens with zero attached hydrogens (tertiary/aromatic N) is 1. The van der Waals surface area contributed by atoms with E-state index >= 15 is 0 Å². The van der Waals surface area contributed by atoms with Crippen LogP contribution in [0.1, 0.15) is 29.6 Å². The van der Waals surface area contributed by atoms with Crippen molar-refractivity contribution in [3.63, 3.8) is 0 Å². The van der Waals surface area contributed by atoms with Crippen LogP contribution in [0.5, 0.6) is 0 Å². The van der Waals surface area contributed by atoms with Gasteiger partial charge in [0.25, 0.3) is 0 Å². The zero-order valence-electron chi connectivity index (χ0n) is 9.80. The Morgan fingerprint density at radius 3 is 2.82 bits per heavy atom. The summed E-state index contributed by atoms with van der Waals surface area (Å²) in [6, 6.07) is 7.78. The highest BCUT2D eigenvalue weighted by Crippen LogP contribution is 2.19. The van der Waals surface area contributed by atoms with Crippen molar-refractivity contribution in [3.8, 4) is 0 Å². The predicted molar refractivity (Wildman–Crippen MR) is 68.3 cm³/mol. The average Bonchev–Trinajstić information content (AvgIpc) is 2.78. The van der Waals surface area contributed by atoms with Gasteiger partial charge in [-0.05, 0) is 31.4 Å². The van der Waals surface area contributed by atoms with Gasteiger partial charge in [0.1, 0.15) is 0 Å². The molecule has 0 aliphatic heterocycles. The number of benzene rings is 1.